The van der Waals surface area contributed by atoms with Crippen LogP contribution in [0.25, 0.3) is 0 Å². The molecule has 118 valence electrons. The Kier molecular flexibility index (Phi) is 4.56. The van der Waals surface area contributed by atoms with Gasteiger partial charge in [0.05, 0.1) is 5.69 Å². The number of aromatic nitrogens is 2. The third-order valence-corrected chi connectivity index (χ3v) is 5.56. The van der Waals surface area contributed by atoms with Gasteiger partial charge < -0.3 is 10.3 Å². The molecule has 1 aromatic heterocycles. The van der Waals surface area contributed by atoms with Crippen molar-refractivity contribution in [2.45, 2.75) is 90.0 Å². The van der Waals surface area contributed by atoms with Gasteiger partial charge in [0, 0.05) is 18.4 Å². The normalized spacial score (nSPS) is 27.3. The Labute approximate surface area is 129 Å². The second kappa shape index (κ2) is 6.41. The first-order chi connectivity index (χ1) is 10.2. The molecule has 21 heavy (non-hydrogen) atoms. The van der Waals surface area contributed by atoms with Gasteiger partial charge in [0.2, 0.25) is 0 Å². The summed E-state index contributed by atoms with van der Waals surface area (Å²) in [5.74, 6) is 4.38. The first-order valence-corrected chi connectivity index (χ1v) is 9.06. The molecule has 0 amide bonds. The molecule has 0 aromatic carbocycles. The minimum absolute atomic E-state index is 0.604. The van der Waals surface area contributed by atoms with Crippen molar-refractivity contribution in [1.29, 1.82) is 0 Å². The Morgan fingerprint density at radius 3 is 2.48 bits per heavy atom. The highest BCUT2D eigenvalue weighted by atomic mass is 15.1. The number of nitrogens with zero attached hydrogens (tertiary/aromatic N) is 2. The Balaban J connectivity index is 1.91. The van der Waals surface area contributed by atoms with Gasteiger partial charge in [-0.2, -0.15) is 0 Å². The number of hydrogen-bond acceptors (Lipinski definition) is 2. The summed E-state index contributed by atoms with van der Waals surface area (Å²) < 4.78 is 2.35. The largest absolute Gasteiger partial charge is 0.384 e. The van der Waals surface area contributed by atoms with Crippen LogP contribution in [0, 0.1) is 5.92 Å². The number of nitrogens with two attached hydrogens (primary N) is 1. The van der Waals surface area contributed by atoms with E-state index in [1.165, 1.54) is 62.9 Å². The molecule has 3 heteroatoms. The molecule has 2 aliphatic rings. The number of anilines is 1. The summed E-state index contributed by atoms with van der Waals surface area (Å²) in [6.07, 6.45) is 11.7. The molecule has 0 spiro atoms. The molecule has 3 nitrogen and oxygen atoms in total. The summed E-state index contributed by atoms with van der Waals surface area (Å²) in [4.78, 5) is 5.11. The molecule has 0 aliphatic heterocycles. The molecule has 1 heterocycles. The van der Waals surface area contributed by atoms with Gasteiger partial charge in [0.25, 0.3) is 0 Å². The van der Waals surface area contributed by atoms with Crippen molar-refractivity contribution in [2.24, 2.45) is 5.92 Å². The van der Waals surface area contributed by atoms with Crippen LogP contribution in [0.5, 0.6) is 0 Å². The third kappa shape index (κ3) is 2.97. The van der Waals surface area contributed by atoms with Crippen molar-refractivity contribution in [3.63, 3.8) is 0 Å². The average molecular weight is 289 g/mol. The standard InChI is InChI=1S/C18H31N3/c1-3-11-21-17(19)16(15-10-6-7-13(2)12-15)20-18(21)14-8-4-5-9-14/h13-15H,3-12,19H2,1-2H3. The SMILES string of the molecule is CCCn1c(C2CCCC2)nc(C2CCCC(C)C2)c1N. The molecule has 2 N–H and O–H groups in total. The lowest BCUT2D eigenvalue weighted by Gasteiger charge is -2.25. The first kappa shape index (κ1) is 14.9. The summed E-state index contributed by atoms with van der Waals surface area (Å²) in [6, 6.07) is 0. The van der Waals surface area contributed by atoms with Gasteiger partial charge in [-0.1, -0.05) is 39.5 Å². The minimum atomic E-state index is 0.604. The van der Waals surface area contributed by atoms with Crippen LogP contribution in [0.1, 0.15) is 95.0 Å². The lowest BCUT2D eigenvalue weighted by molar-refractivity contribution is 0.341. The molecule has 2 fully saturated rings. The molecule has 2 atom stereocenters. The topological polar surface area (TPSA) is 43.8 Å². The second-order valence-corrected chi connectivity index (χ2v) is 7.34. The average Bonchev–Trinajstić information content (AvgIpc) is 3.09. The van der Waals surface area contributed by atoms with Crippen molar-refractivity contribution in [1.82, 2.24) is 9.55 Å². The zero-order valence-electron chi connectivity index (χ0n) is 13.8. The molecule has 2 saturated carbocycles. The van der Waals surface area contributed by atoms with Gasteiger partial charge in [-0.3, -0.25) is 0 Å². The van der Waals surface area contributed by atoms with Gasteiger partial charge in [-0.05, 0) is 38.0 Å². The molecule has 2 aliphatic carbocycles. The quantitative estimate of drug-likeness (QED) is 0.863. The van der Waals surface area contributed by atoms with Crippen molar-refractivity contribution >= 4 is 5.82 Å². The predicted molar refractivity (Wildman–Crippen MR) is 88.5 cm³/mol. The molecule has 2 unspecified atom stereocenters. The van der Waals surface area contributed by atoms with E-state index in [9.17, 15) is 0 Å². The number of imidazole rings is 1. The molecule has 0 saturated heterocycles. The maximum Gasteiger partial charge on any atom is 0.127 e. The molecule has 0 bridgehead atoms. The maximum absolute atomic E-state index is 6.53. The lowest BCUT2D eigenvalue weighted by Crippen LogP contribution is -2.14. The Hall–Kier alpha value is -0.990. The van der Waals surface area contributed by atoms with Crippen LogP contribution >= 0.6 is 0 Å². The summed E-state index contributed by atoms with van der Waals surface area (Å²) in [5.41, 5.74) is 7.77. The molecular formula is C18H31N3. The van der Waals surface area contributed by atoms with E-state index in [0.29, 0.717) is 11.8 Å². The summed E-state index contributed by atoms with van der Waals surface area (Å²) in [5, 5.41) is 0. The molecule has 3 rings (SSSR count). The van der Waals surface area contributed by atoms with Crippen LogP contribution < -0.4 is 5.73 Å². The third-order valence-electron chi connectivity index (χ3n) is 5.56. The second-order valence-electron chi connectivity index (χ2n) is 7.34. The Morgan fingerprint density at radius 1 is 1.10 bits per heavy atom. The van der Waals surface area contributed by atoms with Gasteiger partial charge in [0.1, 0.15) is 11.6 Å². The van der Waals surface area contributed by atoms with Gasteiger partial charge >= 0.3 is 0 Å². The van der Waals surface area contributed by atoms with E-state index in [1.807, 2.05) is 0 Å². The van der Waals surface area contributed by atoms with Crippen LogP contribution in [0.4, 0.5) is 5.82 Å². The summed E-state index contributed by atoms with van der Waals surface area (Å²) >= 11 is 0. The monoisotopic (exact) mass is 289 g/mol. The zero-order chi connectivity index (χ0) is 14.8. The Morgan fingerprint density at radius 2 is 1.81 bits per heavy atom. The number of hydrogen-bond donors (Lipinski definition) is 1. The van der Waals surface area contributed by atoms with E-state index in [2.05, 4.69) is 18.4 Å². The van der Waals surface area contributed by atoms with Crippen molar-refractivity contribution in [3.8, 4) is 0 Å². The van der Waals surface area contributed by atoms with E-state index < -0.39 is 0 Å². The first-order valence-electron chi connectivity index (χ1n) is 9.06. The van der Waals surface area contributed by atoms with E-state index in [1.54, 1.807) is 0 Å². The van der Waals surface area contributed by atoms with E-state index in [0.717, 1.165) is 24.7 Å². The van der Waals surface area contributed by atoms with Crippen molar-refractivity contribution < 1.29 is 0 Å². The molecule has 1 aromatic rings. The summed E-state index contributed by atoms with van der Waals surface area (Å²) in [6.45, 7) is 5.65. The van der Waals surface area contributed by atoms with Crippen molar-refractivity contribution in [2.75, 3.05) is 5.73 Å². The van der Waals surface area contributed by atoms with Gasteiger partial charge in [0.15, 0.2) is 0 Å². The number of nitrogen functional groups attached to an aromatic ring is 1. The highest BCUT2D eigenvalue weighted by Crippen LogP contribution is 2.41. The van der Waals surface area contributed by atoms with E-state index in [-0.39, 0.29) is 0 Å². The van der Waals surface area contributed by atoms with Crippen LogP contribution in [-0.4, -0.2) is 9.55 Å². The van der Waals surface area contributed by atoms with Gasteiger partial charge in [-0.15, -0.1) is 0 Å². The Bertz CT molecular complexity index is 471. The number of rotatable bonds is 4. The predicted octanol–water partition coefficient (Wildman–Crippen LogP) is 4.83. The fourth-order valence-electron chi connectivity index (χ4n) is 4.44. The van der Waals surface area contributed by atoms with Crippen LogP contribution in [0.2, 0.25) is 0 Å². The zero-order valence-corrected chi connectivity index (χ0v) is 13.8. The smallest absolute Gasteiger partial charge is 0.127 e. The molecule has 0 radical (unpaired) electrons. The van der Waals surface area contributed by atoms with Gasteiger partial charge in [-0.25, -0.2) is 4.98 Å². The summed E-state index contributed by atoms with van der Waals surface area (Å²) in [7, 11) is 0. The van der Waals surface area contributed by atoms with Crippen molar-refractivity contribution in [3.05, 3.63) is 11.5 Å². The van der Waals surface area contributed by atoms with Crippen LogP contribution in [0.15, 0.2) is 0 Å². The fourth-order valence-corrected chi connectivity index (χ4v) is 4.44. The molecular weight excluding hydrogens is 258 g/mol. The maximum atomic E-state index is 6.53. The lowest BCUT2D eigenvalue weighted by atomic mass is 9.81. The van der Waals surface area contributed by atoms with E-state index in [4.69, 9.17) is 10.7 Å². The highest BCUT2D eigenvalue weighted by Gasteiger charge is 2.29. The van der Waals surface area contributed by atoms with Crippen LogP contribution in [0.3, 0.4) is 0 Å². The fraction of sp³-hybridized carbons (Fsp3) is 0.833. The van der Waals surface area contributed by atoms with E-state index >= 15 is 0 Å². The highest BCUT2D eigenvalue weighted by molar-refractivity contribution is 5.42. The van der Waals surface area contributed by atoms with Crippen LogP contribution in [-0.2, 0) is 6.54 Å². The minimum Gasteiger partial charge on any atom is -0.384 e.